The molecule has 0 saturated carbocycles. The van der Waals surface area contributed by atoms with E-state index < -0.39 is 27.0 Å². The number of rotatable bonds is 31. The summed E-state index contributed by atoms with van der Waals surface area (Å²) in [6, 6.07) is 3.06. The van der Waals surface area contributed by atoms with Crippen LogP contribution >= 0.6 is 0 Å². The molecule has 274 valence electrons. The zero-order valence-electron chi connectivity index (χ0n) is 31.2. The molecule has 1 rings (SSSR count). The van der Waals surface area contributed by atoms with Crippen molar-refractivity contribution in [3.63, 3.8) is 0 Å². The first-order chi connectivity index (χ1) is 23.3. The SMILES string of the molecule is CCCCCCCCCCC/C=C/CCCOC(=O)c1ccc(S(=O)(=O)[O-])cc1C(=O)OCCC/C=C/CCCCCCCCCCC.[Na+]. The summed E-state index contributed by atoms with van der Waals surface area (Å²) in [6.07, 6.45) is 36.8. The van der Waals surface area contributed by atoms with Crippen LogP contribution < -0.4 is 29.6 Å². The van der Waals surface area contributed by atoms with Crippen LogP contribution in [0.25, 0.3) is 0 Å². The third kappa shape index (κ3) is 26.1. The summed E-state index contributed by atoms with van der Waals surface area (Å²) < 4.78 is 45.5. The molecular formula is C40H65NaO7S. The maximum absolute atomic E-state index is 12.8. The number of unbranched alkanes of at least 4 members (excludes halogenated alkanes) is 20. The van der Waals surface area contributed by atoms with Gasteiger partial charge in [0.25, 0.3) is 0 Å². The second kappa shape index (κ2) is 32.5. The molecule has 0 fully saturated rings. The van der Waals surface area contributed by atoms with E-state index in [1.54, 1.807) is 0 Å². The van der Waals surface area contributed by atoms with Crippen LogP contribution in [0.5, 0.6) is 0 Å². The van der Waals surface area contributed by atoms with E-state index in [0.29, 0.717) is 12.8 Å². The van der Waals surface area contributed by atoms with E-state index in [0.717, 1.165) is 43.9 Å². The van der Waals surface area contributed by atoms with Gasteiger partial charge in [-0.05, 0) is 69.6 Å². The van der Waals surface area contributed by atoms with Crippen LogP contribution in [0.1, 0.15) is 189 Å². The fourth-order valence-corrected chi connectivity index (χ4v) is 6.03. The van der Waals surface area contributed by atoms with Gasteiger partial charge in [-0.1, -0.05) is 141 Å². The zero-order chi connectivity index (χ0) is 35.1. The topological polar surface area (TPSA) is 110 Å². The molecule has 0 radical (unpaired) electrons. The number of hydrogen-bond donors (Lipinski definition) is 0. The van der Waals surface area contributed by atoms with Crippen molar-refractivity contribution in [1.29, 1.82) is 0 Å². The van der Waals surface area contributed by atoms with E-state index in [-0.39, 0.29) is 53.9 Å². The molecule has 9 heteroatoms. The van der Waals surface area contributed by atoms with Gasteiger partial charge in [-0.2, -0.15) is 0 Å². The second-order valence-corrected chi connectivity index (χ2v) is 14.3. The summed E-state index contributed by atoms with van der Waals surface area (Å²) >= 11 is 0. The van der Waals surface area contributed by atoms with E-state index in [2.05, 4.69) is 38.2 Å². The van der Waals surface area contributed by atoms with Gasteiger partial charge in [-0.3, -0.25) is 0 Å². The van der Waals surface area contributed by atoms with Gasteiger partial charge in [-0.15, -0.1) is 0 Å². The number of esters is 2. The molecule has 0 N–H and O–H groups in total. The fraction of sp³-hybridized carbons (Fsp3) is 0.700. The third-order valence-electron chi connectivity index (χ3n) is 8.50. The van der Waals surface area contributed by atoms with Crippen molar-refractivity contribution in [1.82, 2.24) is 0 Å². The largest absolute Gasteiger partial charge is 1.00 e. The molecule has 0 bridgehead atoms. The third-order valence-corrected chi connectivity index (χ3v) is 9.33. The van der Waals surface area contributed by atoms with E-state index in [1.807, 2.05) is 0 Å². The van der Waals surface area contributed by atoms with Gasteiger partial charge in [0.2, 0.25) is 0 Å². The van der Waals surface area contributed by atoms with Gasteiger partial charge in [-0.25, -0.2) is 18.0 Å². The van der Waals surface area contributed by atoms with Gasteiger partial charge in [0.05, 0.1) is 29.2 Å². The maximum atomic E-state index is 12.8. The minimum Gasteiger partial charge on any atom is -0.744 e. The van der Waals surface area contributed by atoms with E-state index in [4.69, 9.17) is 9.47 Å². The Morgan fingerprint density at radius 3 is 1.29 bits per heavy atom. The molecule has 0 saturated heterocycles. The minimum atomic E-state index is -4.82. The van der Waals surface area contributed by atoms with Gasteiger partial charge in [0.15, 0.2) is 0 Å². The minimum absolute atomic E-state index is 0. The monoisotopic (exact) mass is 712 g/mol. The van der Waals surface area contributed by atoms with Gasteiger partial charge >= 0.3 is 41.5 Å². The number of benzene rings is 1. The predicted octanol–water partition coefficient (Wildman–Crippen LogP) is 8.42. The molecule has 0 aromatic heterocycles. The summed E-state index contributed by atoms with van der Waals surface area (Å²) in [6.45, 7) is 4.74. The summed E-state index contributed by atoms with van der Waals surface area (Å²) in [7, 11) is -4.82. The molecule has 0 atom stereocenters. The van der Waals surface area contributed by atoms with Crippen molar-refractivity contribution in [2.45, 2.75) is 173 Å². The number of ether oxygens (including phenoxy) is 2. The van der Waals surface area contributed by atoms with Crippen LogP contribution in [0, 0.1) is 0 Å². The Labute approximate surface area is 321 Å². The average molecular weight is 713 g/mol. The molecule has 1 aromatic rings. The molecule has 0 unspecified atom stereocenters. The van der Waals surface area contributed by atoms with Gasteiger partial charge in [0, 0.05) is 0 Å². The first-order valence-corrected chi connectivity index (χ1v) is 20.5. The average Bonchev–Trinajstić information content (AvgIpc) is 3.07. The Morgan fingerprint density at radius 1 is 0.551 bits per heavy atom. The Kier molecular flexibility index (Phi) is 31.5. The first kappa shape index (κ1) is 47.5. The standard InChI is InChI=1S/C40H66O7S.Na/c1-3-5-7-9-11-13-15-17-19-21-23-25-27-29-33-46-39(41)37-32-31-36(48(43,44)45)35-38(37)40(42)47-34-30-28-26-24-22-20-18-16-14-12-10-8-6-4-2;/h23-26,31-32,35H,3-22,27-30,33-34H2,1-2H3,(H,43,44,45);/q;+1/p-1/b25-23+,26-24+;. The van der Waals surface area contributed by atoms with Crippen LogP contribution in [-0.2, 0) is 19.6 Å². The number of carbonyl (C=O) groups is 2. The fourth-order valence-electron chi connectivity index (χ4n) is 5.53. The van der Waals surface area contributed by atoms with Crippen molar-refractivity contribution in [3.05, 3.63) is 53.6 Å². The Morgan fingerprint density at radius 2 is 0.898 bits per heavy atom. The molecule has 49 heavy (non-hydrogen) atoms. The molecule has 0 spiro atoms. The summed E-state index contributed by atoms with van der Waals surface area (Å²) in [5.41, 5.74) is -0.396. The Bertz CT molecular complexity index is 1150. The van der Waals surface area contributed by atoms with E-state index in [9.17, 15) is 22.6 Å². The molecule has 0 amide bonds. The number of carbonyl (C=O) groups excluding carboxylic acids is 2. The molecule has 0 aliphatic heterocycles. The van der Waals surface area contributed by atoms with Crippen molar-refractivity contribution < 1.29 is 61.6 Å². The van der Waals surface area contributed by atoms with Crippen LogP contribution in [0.15, 0.2) is 47.4 Å². The quantitative estimate of drug-likeness (QED) is 0.0250. The van der Waals surface area contributed by atoms with Gasteiger partial charge in [0.1, 0.15) is 10.1 Å². The normalized spacial score (nSPS) is 11.7. The van der Waals surface area contributed by atoms with Crippen molar-refractivity contribution in [2.24, 2.45) is 0 Å². The molecule has 7 nitrogen and oxygen atoms in total. The van der Waals surface area contributed by atoms with Crippen molar-refractivity contribution >= 4 is 22.1 Å². The summed E-state index contributed by atoms with van der Waals surface area (Å²) in [5, 5.41) is 0. The molecule has 0 heterocycles. The van der Waals surface area contributed by atoms with Crippen molar-refractivity contribution in [2.75, 3.05) is 13.2 Å². The first-order valence-electron chi connectivity index (χ1n) is 19.0. The van der Waals surface area contributed by atoms with Crippen molar-refractivity contribution in [3.8, 4) is 0 Å². The molecule has 0 aliphatic carbocycles. The van der Waals surface area contributed by atoms with Gasteiger partial charge < -0.3 is 14.0 Å². The van der Waals surface area contributed by atoms with Crippen LogP contribution in [-0.4, -0.2) is 38.1 Å². The van der Waals surface area contributed by atoms with E-state index >= 15 is 0 Å². The molecule has 1 aromatic carbocycles. The Hall–Kier alpha value is -1.45. The zero-order valence-corrected chi connectivity index (χ0v) is 34.0. The maximum Gasteiger partial charge on any atom is 1.00 e. The molecule has 0 aliphatic rings. The van der Waals surface area contributed by atoms with E-state index in [1.165, 1.54) is 116 Å². The number of allylic oxidation sites excluding steroid dienone is 4. The summed E-state index contributed by atoms with van der Waals surface area (Å²) in [5.74, 6) is -1.61. The smallest absolute Gasteiger partial charge is 0.744 e. The van der Waals surface area contributed by atoms with Crippen LogP contribution in [0.2, 0.25) is 0 Å². The summed E-state index contributed by atoms with van der Waals surface area (Å²) in [4.78, 5) is 25.0. The predicted molar refractivity (Wildman–Crippen MR) is 195 cm³/mol. The Balaban J connectivity index is 0.0000230. The van der Waals surface area contributed by atoms with Crippen LogP contribution in [0.3, 0.4) is 0 Å². The number of hydrogen-bond acceptors (Lipinski definition) is 7. The van der Waals surface area contributed by atoms with Crippen LogP contribution in [0.4, 0.5) is 0 Å². The molecular weight excluding hydrogens is 647 g/mol. The second-order valence-electron chi connectivity index (χ2n) is 12.9.